The second kappa shape index (κ2) is 6.99. The van der Waals surface area contributed by atoms with Gasteiger partial charge in [0.2, 0.25) is 5.89 Å². The van der Waals surface area contributed by atoms with Gasteiger partial charge in [0.25, 0.3) is 0 Å². The van der Waals surface area contributed by atoms with Crippen molar-refractivity contribution in [3.63, 3.8) is 0 Å². The summed E-state index contributed by atoms with van der Waals surface area (Å²) in [6.45, 7) is 8.02. The van der Waals surface area contributed by atoms with Gasteiger partial charge in [-0.1, -0.05) is 18.9 Å². The Hall–Kier alpha value is -0.750. The van der Waals surface area contributed by atoms with Crippen LogP contribution in [0.15, 0.2) is 4.42 Å². The Kier molecular flexibility index (Phi) is 5.31. The van der Waals surface area contributed by atoms with E-state index >= 15 is 0 Å². The lowest BCUT2D eigenvalue weighted by Crippen LogP contribution is -2.25. The summed E-state index contributed by atoms with van der Waals surface area (Å²) < 4.78 is 5.69. The van der Waals surface area contributed by atoms with Crippen molar-refractivity contribution in [2.45, 2.75) is 26.8 Å². The molecule has 1 aliphatic rings. The average Bonchev–Trinajstić information content (AvgIpc) is 2.63. The normalized spacial score (nSPS) is 17.2. The standard InChI is InChI=1S/C12H22N4OS/c1-10(2)8-13-9-11-14-15-12(17-11)16-4-3-6-18-7-5-16/h10,13H,3-9H2,1-2H3. The Labute approximate surface area is 113 Å². The van der Waals surface area contributed by atoms with E-state index in [-0.39, 0.29) is 0 Å². The van der Waals surface area contributed by atoms with Gasteiger partial charge in [-0.15, -0.1) is 5.10 Å². The minimum atomic E-state index is 0.634. The van der Waals surface area contributed by atoms with Crippen LogP contribution in [0.2, 0.25) is 0 Å². The van der Waals surface area contributed by atoms with Crippen LogP contribution >= 0.6 is 11.8 Å². The van der Waals surface area contributed by atoms with E-state index in [1.807, 2.05) is 11.8 Å². The van der Waals surface area contributed by atoms with Crippen molar-refractivity contribution < 1.29 is 4.42 Å². The van der Waals surface area contributed by atoms with Crippen molar-refractivity contribution in [2.75, 3.05) is 36.0 Å². The molecule has 18 heavy (non-hydrogen) atoms. The van der Waals surface area contributed by atoms with Crippen LogP contribution in [0.25, 0.3) is 0 Å². The van der Waals surface area contributed by atoms with Crippen molar-refractivity contribution >= 4 is 17.8 Å². The first-order chi connectivity index (χ1) is 8.75. The van der Waals surface area contributed by atoms with Gasteiger partial charge in [0.05, 0.1) is 6.54 Å². The molecule has 0 aromatic carbocycles. The molecule has 102 valence electrons. The molecular formula is C12H22N4OS. The number of nitrogens with one attached hydrogen (secondary N) is 1. The maximum absolute atomic E-state index is 5.69. The van der Waals surface area contributed by atoms with E-state index < -0.39 is 0 Å². The van der Waals surface area contributed by atoms with E-state index in [1.54, 1.807) is 0 Å². The summed E-state index contributed by atoms with van der Waals surface area (Å²) in [5.74, 6) is 3.69. The third-order valence-electron chi connectivity index (χ3n) is 2.78. The molecule has 1 aliphatic heterocycles. The fourth-order valence-corrected chi connectivity index (χ4v) is 2.74. The lowest BCUT2D eigenvalue weighted by Gasteiger charge is -2.15. The summed E-state index contributed by atoms with van der Waals surface area (Å²) in [7, 11) is 0. The summed E-state index contributed by atoms with van der Waals surface area (Å²) in [5, 5.41) is 11.5. The van der Waals surface area contributed by atoms with Gasteiger partial charge in [-0.3, -0.25) is 0 Å². The van der Waals surface area contributed by atoms with Crippen LogP contribution in [0, 0.1) is 5.92 Å². The first-order valence-corrected chi connectivity index (χ1v) is 7.77. The summed E-state index contributed by atoms with van der Waals surface area (Å²) in [6.07, 6.45) is 1.19. The van der Waals surface area contributed by atoms with Gasteiger partial charge in [0.15, 0.2) is 0 Å². The second-order valence-electron chi connectivity index (χ2n) is 4.96. The number of rotatable bonds is 5. The maximum atomic E-state index is 5.69. The highest BCUT2D eigenvalue weighted by Crippen LogP contribution is 2.17. The highest BCUT2D eigenvalue weighted by atomic mass is 32.2. The molecule has 0 saturated carbocycles. The Bertz CT molecular complexity index is 348. The van der Waals surface area contributed by atoms with Gasteiger partial charge in [0.1, 0.15) is 0 Å². The van der Waals surface area contributed by atoms with Crippen LogP contribution in [-0.2, 0) is 6.54 Å². The van der Waals surface area contributed by atoms with Crippen molar-refractivity contribution in [1.29, 1.82) is 0 Å². The van der Waals surface area contributed by atoms with Gasteiger partial charge < -0.3 is 14.6 Å². The lowest BCUT2D eigenvalue weighted by molar-refractivity contribution is 0.448. The lowest BCUT2D eigenvalue weighted by atomic mass is 10.2. The fourth-order valence-electron chi connectivity index (χ4n) is 1.85. The summed E-state index contributed by atoms with van der Waals surface area (Å²) in [4.78, 5) is 2.19. The number of hydrogen-bond acceptors (Lipinski definition) is 6. The van der Waals surface area contributed by atoms with Gasteiger partial charge in [-0.05, 0) is 24.6 Å². The van der Waals surface area contributed by atoms with E-state index in [0.717, 1.165) is 25.4 Å². The number of anilines is 1. The SMILES string of the molecule is CC(C)CNCc1nnc(N2CCCSCC2)o1. The largest absolute Gasteiger partial charge is 0.407 e. The topological polar surface area (TPSA) is 54.2 Å². The van der Waals surface area contributed by atoms with Crippen molar-refractivity contribution in [2.24, 2.45) is 5.92 Å². The van der Waals surface area contributed by atoms with E-state index in [9.17, 15) is 0 Å². The Morgan fingerprint density at radius 3 is 3.06 bits per heavy atom. The van der Waals surface area contributed by atoms with Crippen LogP contribution in [0.3, 0.4) is 0 Å². The molecule has 0 atom stereocenters. The van der Waals surface area contributed by atoms with Gasteiger partial charge in [-0.25, -0.2) is 0 Å². The maximum Gasteiger partial charge on any atom is 0.318 e. The van der Waals surface area contributed by atoms with E-state index in [0.29, 0.717) is 24.4 Å². The Balaban J connectivity index is 1.84. The number of nitrogens with zero attached hydrogens (tertiary/aromatic N) is 3. The predicted octanol–water partition coefficient (Wildman–Crippen LogP) is 1.76. The minimum Gasteiger partial charge on any atom is -0.407 e. The molecule has 0 radical (unpaired) electrons. The van der Waals surface area contributed by atoms with Crippen LogP contribution in [0.5, 0.6) is 0 Å². The molecule has 0 aliphatic carbocycles. The highest BCUT2D eigenvalue weighted by Gasteiger charge is 2.16. The second-order valence-corrected chi connectivity index (χ2v) is 6.18. The molecule has 5 nitrogen and oxygen atoms in total. The van der Waals surface area contributed by atoms with Crippen LogP contribution in [0.4, 0.5) is 6.01 Å². The van der Waals surface area contributed by atoms with Crippen molar-refractivity contribution in [3.05, 3.63) is 5.89 Å². The minimum absolute atomic E-state index is 0.634. The van der Waals surface area contributed by atoms with E-state index in [1.165, 1.54) is 12.2 Å². The number of hydrogen-bond donors (Lipinski definition) is 1. The van der Waals surface area contributed by atoms with E-state index in [2.05, 4.69) is 34.3 Å². The molecular weight excluding hydrogens is 248 g/mol. The number of aromatic nitrogens is 2. The molecule has 6 heteroatoms. The molecule has 1 saturated heterocycles. The molecule has 2 heterocycles. The monoisotopic (exact) mass is 270 g/mol. The molecule has 1 fully saturated rings. The third kappa shape index (κ3) is 4.17. The predicted molar refractivity (Wildman–Crippen MR) is 75.0 cm³/mol. The fraction of sp³-hybridized carbons (Fsp3) is 0.833. The smallest absolute Gasteiger partial charge is 0.318 e. The van der Waals surface area contributed by atoms with Crippen LogP contribution in [-0.4, -0.2) is 41.3 Å². The zero-order chi connectivity index (χ0) is 12.8. The number of thioether (sulfide) groups is 1. The molecule has 2 rings (SSSR count). The van der Waals surface area contributed by atoms with E-state index in [4.69, 9.17) is 4.42 Å². The molecule has 0 spiro atoms. The van der Waals surface area contributed by atoms with Gasteiger partial charge in [-0.2, -0.15) is 11.8 Å². The summed E-state index contributed by atoms with van der Waals surface area (Å²) in [5.41, 5.74) is 0. The zero-order valence-electron chi connectivity index (χ0n) is 11.2. The molecule has 1 N–H and O–H groups in total. The summed E-state index contributed by atoms with van der Waals surface area (Å²) in [6, 6.07) is 0.679. The molecule has 1 aromatic rings. The first-order valence-electron chi connectivity index (χ1n) is 6.61. The molecule has 0 amide bonds. The van der Waals surface area contributed by atoms with Crippen molar-refractivity contribution in [3.8, 4) is 0 Å². The summed E-state index contributed by atoms with van der Waals surface area (Å²) >= 11 is 1.99. The molecule has 0 unspecified atom stereocenters. The van der Waals surface area contributed by atoms with Crippen LogP contribution in [0.1, 0.15) is 26.2 Å². The quantitative estimate of drug-likeness (QED) is 0.880. The molecule has 0 bridgehead atoms. The Morgan fingerprint density at radius 1 is 1.33 bits per heavy atom. The van der Waals surface area contributed by atoms with Gasteiger partial charge in [0, 0.05) is 18.8 Å². The van der Waals surface area contributed by atoms with Gasteiger partial charge >= 0.3 is 6.01 Å². The van der Waals surface area contributed by atoms with Crippen molar-refractivity contribution in [1.82, 2.24) is 15.5 Å². The van der Waals surface area contributed by atoms with Crippen LogP contribution < -0.4 is 10.2 Å². The highest BCUT2D eigenvalue weighted by molar-refractivity contribution is 7.99. The Morgan fingerprint density at radius 2 is 2.22 bits per heavy atom. The zero-order valence-corrected chi connectivity index (χ0v) is 12.0. The third-order valence-corrected chi connectivity index (χ3v) is 3.83. The first kappa shape index (κ1) is 13.7. The average molecular weight is 270 g/mol. The molecule has 1 aromatic heterocycles.